The Balaban J connectivity index is 1.17. The quantitative estimate of drug-likeness (QED) is 0.187. The van der Waals surface area contributed by atoms with E-state index in [1.165, 1.54) is 25.6 Å². The molecule has 0 aliphatic carbocycles. The van der Waals surface area contributed by atoms with Gasteiger partial charge in [-0.3, -0.25) is 0 Å². The molecule has 0 N–H and O–H groups in total. The Hall–Kier alpha value is -6.56. The molecular formula is C46H26N2O2S. The fourth-order valence-corrected chi connectivity index (χ4v) is 8.73. The van der Waals surface area contributed by atoms with Crippen LogP contribution in [-0.4, -0.2) is 9.97 Å². The van der Waals surface area contributed by atoms with E-state index in [9.17, 15) is 0 Å². The summed E-state index contributed by atoms with van der Waals surface area (Å²) in [7, 11) is 0. The van der Waals surface area contributed by atoms with Crippen molar-refractivity contribution in [3.05, 3.63) is 158 Å². The molecule has 5 heteroatoms. The molecule has 0 amide bonds. The van der Waals surface area contributed by atoms with Gasteiger partial charge < -0.3 is 8.83 Å². The van der Waals surface area contributed by atoms with E-state index in [2.05, 4.69) is 121 Å². The van der Waals surface area contributed by atoms with Crippen LogP contribution in [0.3, 0.4) is 0 Å². The number of aromatic nitrogens is 2. The molecule has 238 valence electrons. The zero-order chi connectivity index (χ0) is 33.5. The van der Waals surface area contributed by atoms with Gasteiger partial charge in [0.15, 0.2) is 5.82 Å². The first kappa shape index (κ1) is 28.3. The predicted octanol–water partition coefficient (Wildman–Crippen LogP) is 13.3. The van der Waals surface area contributed by atoms with E-state index >= 15 is 0 Å². The molecule has 0 aliphatic rings. The lowest BCUT2D eigenvalue weighted by Crippen LogP contribution is -1.96. The van der Waals surface area contributed by atoms with Gasteiger partial charge in [-0.2, -0.15) is 0 Å². The molecule has 11 aromatic rings. The summed E-state index contributed by atoms with van der Waals surface area (Å²) in [5.41, 5.74) is 9.57. The van der Waals surface area contributed by atoms with Gasteiger partial charge in [-0.05, 0) is 70.4 Å². The molecule has 0 fully saturated rings. The zero-order valence-corrected chi connectivity index (χ0v) is 27.9. The second-order valence-electron chi connectivity index (χ2n) is 13.0. The minimum Gasteiger partial charge on any atom is -0.464 e. The number of rotatable bonds is 4. The van der Waals surface area contributed by atoms with Crippen molar-refractivity contribution < 1.29 is 8.83 Å². The normalized spacial score (nSPS) is 11.9. The van der Waals surface area contributed by atoms with Gasteiger partial charge in [-0.1, -0.05) is 97.1 Å². The second-order valence-corrected chi connectivity index (χ2v) is 14.1. The summed E-state index contributed by atoms with van der Waals surface area (Å²) in [4.78, 5) is 10.6. The molecule has 11 rings (SSSR count). The largest absolute Gasteiger partial charge is 0.464 e. The molecule has 0 unspecified atom stereocenters. The minimum atomic E-state index is 0.661. The Morgan fingerprint density at radius 1 is 0.431 bits per heavy atom. The number of benzene rings is 7. The van der Waals surface area contributed by atoms with E-state index in [0.717, 1.165) is 77.3 Å². The summed E-state index contributed by atoms with van der Waals surface area (Å²) >= 11 is 1.82. The summed E-state index contributed by atoms with van der Waals surface area (Å²) in [5.74, 6) is 0.661. The monoisotopic (exact) mass is 670 g/mol. The van der Waals surface area contributed by atoms with Gasteiger partial charge >= 0.3 is 0 Å². The van der Waals surface area contributed by atoms with Crippen molar-refractivity contribution >= 4 is 75.1 Å². The highest BCUT2D eigenvalue weighted by Gasteiger charge is 2.19. The number of fused-ring (bicyclic) bond motifs is 8. The third kappa shape index (κ3) is 4.45. The highest BCUT2D eigenvalue weighted by atomic mass is 32.1. The Kier molecular flexibility index (Phi) is 6.09. The second kappa shape index (κ2) is 11.0. The van der Waals surface area contributed by atoms with Crippen LogP contribution in [0.4, 0.5) is 0 Å². The van der Waals surface area contributed by atoms with Crippen LogP contribution in [0, 0.1) is 0 Å². The molecule has 4 heterocycles. The van der Waals surface area contributed by atoms with Crippen molar-refractivity contribution in [3.8, 4) is 44.9 Å². The van der Waals surface area contributed by atoms with Crippen molar-refractivity contribution in [2.24, 2.45) is 0 Å². The first-order valence-corrected chi connectivity index (χ1v) is 17.8. The van der Waals surface area contributed by atoms with Crippen LogP contribution in [0.15, 0.2) is 167 Å². The Labute approximate surface area is 295 Å². The third-order valence-corrected chi connectivity index (χ3v) is 11.1. The van der Waals surface area contributed by atoms with Crippen LogP contribution < -0.4 is 0 Å². The molecule has 4 nitrogen and oxygen atoms in total. The molecule has 0 radical (unpaired) electrons. The Morgan fingerprint density at radius 3 is 2.04 bits per heavy atom. The van der Waals surface area contributed by atoms with Crippen molar-refractivity contribution in [3.63, 3.8) is 0 Å². The summed E-state index contributed by atoms with van der Waals surface area (Å²) in [6.45, 7) is 0. The van der Waals surface area contributed by atoms with Gasteiger partial charge in [0.05, 0.1) is 23.7 Å². The molecule has 0 bridgehead atoms. The topological polar surface area (TPSA) is 52.1 Å². The van der Waals surface area contributed by atoms with Crippen LogP contribution in [-0.2, 0) is 0 Å². The first-order valence-electron chi connectivity index (χ1n) is 16.9. The van der Waals surface area contributed by atoms with Gasteiger partial charge in [0.1, 0.15) is 11.2 Å². The average molecular weight is 671 g/mol. The summed E-state index contributed by atoms with van der Waals surface area (Å²) in [6, 6.07) is 51.0. The third-order valence-electron chi connectivity index (χ3n) is 10.0. The van der Waals surface area contributed by atoms with Gasteiger partial charge in [0.25, 0.3) is 0 Å². The van der Waals surface area contributed by atoms with Crippen LogP contribution in [0.1, 0.15) is 0 Å². The number of nitrogens with zero attached hydrogens (tertiary/aromatic N) is 2. The summed E-state index contributed by atoms with van der Waals surface area (Å²) in [5, 5.41) is 8.04. The number of hydrogen-bond donors (Lipinski definition) is 0. The van der Waals surface area contributed by atoms with E-state index in [1.54, 1.807) is 0 Å². The molecule has 0 atom stereocenters. The molecule has 7 aromatic carbocycles. The van der Waals surface area contributed by atoms with Crippen molar-refractivity contribution in [1.29, 1.82) is 0 Å². The van der Waals surface area contributed by atoms with Crippen molar-refractivity contribution in [2.75, 3.05) is 0 Å². The summed E-state index contributed by atoms with van der Waals surface area (Å²) in [6.07, 6.45) is 3.73. The lowest BCUT2D eigenvalue weighted by atomic mass is 9.93. The first-order chi connectivity index (χ1) is 25.2. The van der Waals surface area contributed by atoms with Crippen LogP contribution in [0.25, 0.3) is 109 Å². The molecule has 0 aliphatic heterocycles. The van der Waals surface area contributed by atoms with Crippen LogP contribution in [0.2, 0.25) is 0 Å². The van der Waals surface area contributed by atoms with Gasteiger partial charge in [-0.25, -0.2) is 9.97 Å². The van der Waals surface area contributed by atoms with Gasteiger partial charge in [-0.15, -0.1) is 11.3 Å². The molecule has 0 saturated heterocycles. The maximum absolute atomic E-state index is 6.20. The molecule has 51 heavy (non-hydrogen) atoms. The molecule has 4 aromatic heterocycles. The molecule has 0 spiro atoms. The number of hydrogen-bond acceptors (Lipinski definition) is 5. The number of furan rings is 2. The van der Waals surface area contributed by atoms with E-state index in [0.29, 0.717) is 5.82 Å². The van der Waals surface area contributed by atoms with Crippen molar-refractivity contribution in [2.45, 2.75) is 0 Å². The average Bonchev–Trinajstić information content (AvgIpc) is 3.92. The zero-order valence-electron chi connectivity index (χ0n) is 27.1. The lowest BCUT2D eigenvalue weighted by molar-refractivity contribution is 0.617. The predicted molar refractivity (Wildman–Crippen MR) is 211 cm³/mol. The fraction of sp³-hybridized carbons (Fsp3) is 0. The smallest absolute Gasteiger partial charge is 0.160 e. The highest BCUT2D eigenvalue weighted by Crippen LogP contribution is 2.42. The fourth-order valence-electron chi connectivity index (χ4n) is 7.59. The van der Waals surface area contributed by atoms with E-state index < -0.39 is 0 Å². The van der Waals surface area contributed by atoms with E-state index in [4.69, 9.17) is 18.8 Å². The van der Waals surface area contributed by atoms with Gasteiger partial charge in [0.2, 0.25) is 0 Å². The van der Waals surface area contributed by atoms with E-state index in [1.807, 2.05) is 48.1 Å². The molecular weight excluding hydrogens is 645 g/mol. The SMILES string of the molecule is c1ccc2c(c1)ccc1occ(-c3cc(-c4nc(-c5ccc6c(c5)sc5ccccc56)c5ccccc5n4)cc(-c4coc5ccccc45)c3)c12. The minimum absolute atomic E-state index is 0.661. The lowest BCUT2D eigenvalue weighted by Gasteiger charge is -2.12. The van der Waals surface area contributed by atoms with Gasteiger partial charge in [0, 0.05) is 58.6 Å². The van der Waals surface area contributed by atoms with Crippen LogP contribution in [0.5, 0.6) is 0 Å². The summed E-state index contributed by atoms with van der Waals surface area (Å²) < 4.78 is 14.8. The number of thiophene rings is 1. The number of para-hydroxylation sites is 2. The Bertz CT molecular complexity index is 3170. The maximum atomic E-state index is 6.20. The molecule has 0 saturated carbocycles. The Morgan fingerprint density at radius 2 is 1.12 bits per heavy atom. The van der Waals surface area contributed by atoms with E-state index in [-0.39, 0.29) is 0 Å². The highest BCUT2D eigenvalue weighted by molar-refractivity contribution is 7.25. The van der Waals surface area contributed by atoms with Crippen LogP contribution >= 0.6 is 11.3 Å². The maximum Gasteiger partial charge on any atom is 0.160 e. The standard InChI is InChI=1S/C46H26N2O2S/c1-2-10-32-27(9-1)18-20-41-44(32)38(26-50-41)30-21-29(37-25-49-40-15-7-4-11-33(37)40)22-31(23-30)46-47-39-14-6-3-13-36(39)45(48-46)28-17-19-35-34-12-5-8-16-42(34)51-43(35)24-28/h1-26H. The van der Waals surface area contributed by atoms with Crippen molar-refractivity contribution in [1.82, 2.24) is 9.97 Å².